The van der Waals surface area contributed by atoms with Gasteiger partial charge in [-0.15, -0.1) is 0 Å². The van der Waals surface area contributed by atoms with Crippen molar-refractivity contribution in [3.63, 3.8) is 0 Å². The van der Waals surface area contributed by atoms with Crippen molar-refractivity contribution < 1.29 is 5.11 Å². The van der Waals surface area contributed by atoms with Crippen LogP contribution in [0.5, 0.6) is 0 Å². The summed E-state index contributed by atoms with van der Waals surface area (Å²) < 4.78 is 0. The molecular weight excluding hydrogens is 212 g/mol. The van der Waals surface area contributed by atoms with Gasteiger partial charge in [-0.25, -0.2) is 0 Å². The maximum Gasteiger partial charge on any atom is 0.0781 e. The Hall–Kier alpha value is -1.06. The zero-order valence-corrected chi connectivity index (χ0v) is 11.3. The van der Waals surface area contributed by atoms with Gasteiger partial charge in [-0.3, -0.25) is 0 Å². The van der Waals surface area contributed by atoms with Gasteiger partial charge in [0, 0.05) is 24.8 Å². The average Bonchev–Trinajstić information content (AvgIpc) is 2.28. The number of benzene rings is 1. The van der Waals surface area contributed by atoms with Crippen molar-refractivity contribution in [2.75, 3.05) is 39.1 Å². The summed E-state index contributed by atoms with van der Waals surface area (Å²) >= 11 is 0. The summed E-state index contributed by atoms with van der Waals surface area (Å²) in [6, 6.07) is 8.04. The summed E-state index contributed by atoms with van der Waals surface area (Å²) in [5.41, 5.74) is 2.13. The summed E-state index contributed by atoms with van der Waals surface area (Å²) in [5.74, 6) is 0. The van der Waals surface area contributed by atoms with Crippen LogP contribution in [0.25, 0.3) is 0 Å². The highest BCUT2D eigenvalue weighted by Gasteiger charge is 2.10. The topological polar surface area (TPSA) is 26.7 Å². The molecule has 0 heterocycles. The number of hydrogen-bond donors (Lipinski definition) is 1. The van der Waals surface area contributed by atoms with Crippen molar-refractivity contribution in [1.82, 2.24) is 4.90 Å². The Morgan fingerprint density at radius 3 is 2.35 bits per heavy atom. The van der Waals surface area contributed by atoms with Crippen LogP contribution in [-0.2, 0) is 0 Å². The average molecular weight is 236 g/mol. The number of nitrogens with zero attached hydrogens (tertiary/aromatic N) is 2. The molecule has 0 aliphatic rings. The summed E-state index contributed by atoms with van der Waals surface area (Å²) in [5, 5.41) is 9.73. The molecule has 1 aromatic rings. The van der Waals surface area contributed by atoms with Crippen molar-refractivity contribution in [3.05, 3.63) is 29.8 Å². The van der Waals surface area contributed by atoms with E-state index in [2.05, 4.69) is 37.0 Å². The second kappa shape index (κ2) is 6.62. The quantitative estimate of drug-likeness (QED) is 0.819. The van der Waals surface area contributed by atoms with E-state index in [0.717, 1.165) is 30.8 Å². The first-order valence-electron chi connectivity index (χ1n) is 6.15. The number of para-hydroxylation sites is 1. The van der Waals surface area contributed by atoms with Crippen LogP contribution in [0.4, 0.5) is 5.69 Å². The molecule has 1 N–H and O–H groups in total. The van der Waals surface area contributed by atoms with E-state index in [1.54, 1.807) is 0 Å². The van der Waals surface area contributed by atoms with Crippen LogP contribution in [0.15, 0.2) is 24.3 Å². The number of aliphatic hydroxyl groups is 1. The lowest BCUT2D eigenvalue weighted by Gasteiger charge is -2.24. The molecule has 0 amide bonds. The maximum absolute atomic E-state index is 9.73. The minimum Gasteiger partial charge on any atom is -0.389 e. The first-order valence-corrected chi connectivity index (χ1v) is 6.15. The van der Waals surface area contributed by atoms with E-state index in [4.69, 9.17) is 0 Å². The first kappa shape index (κ1) is 14.0. The molecule has 17 heavy (non-hydrogen) atoms. The highest BCUT2D eigenvalue weighted by molar-refractivity contribution is 5.53. The molecule has 0 radical (unpaired) electrons. The SMILES string of the molecule is C[C@H](O)c1ccccc1N(C)CCCN(C)C. The third-order valence-corrected chi connectivity index (χ3v) is 2.90. The lowest BCUT2D eigenvalue weighted by molar-refractivity contribution is 0.199. The van der Waals surface area contributed by atoms with Crippen LogP contribution in [0.3, 0.4) is 0 Å². The second-order valence-electron chi connectivity index (χ2n) is 4.81. The fraction of sp³-hybridized carbons (Fsp3) is 0.571. The lowest BCUT2D eigenvalue weighted by atomic mass is 10.1. The van der Waals surface area contributed by atoms with Crippen LogP contribution in [0, 0.1) is 0 Å². The van der Waals surface area contributed by atoms with Gasteiger partial charge < -0.3 is 14.9 Å². The van der Waals surface area contributed by atoms with Gasteiger partial charge in [0.15, 0.2) is 0 Å². The number of hydrogen-bond acceptors (Lipinski definition) is 3. The Bertz CT molecular complexity index is 337. The minimum absolute atomic E-state index is 0.414. The van der Waals surface area contributed by atoms with E-state index in [0.29, 0.717) is 0 Å². The van der Waals surface area contributed by atoms with E-state index in [9.17, 15) is 5.11 Å². The van der Waals surface area contributed by atoms with E-state index < -0.39 is 6.10 Å². The van der Waals surface area contributed by atoms with Crippen LogP contribution >= 0.6 is 0 Å². The Balaban J connectivity index is 2.65. The number of rotatable bonds is 6. The molecule has 3 nitrogen and oxygen atoms in total. The molecule has 0 fully saturated rings. The molecule has 1 rings (SSSR count). The monoisotopic (exact) mass is 236 g/mol. The van der Waals surface area contributed by atoms with E-state index in [-0.39, 0.29) is 0 Å². The Kier molecular flexibility index (Phi) is 5.45. The van der Waals surface area contributed by atoms with Gasteiger partial charge in [0.2, 0.25) is 0 Å². The van der Waals surface area contributed by atoms with Crippen LogP contribution in [-0.4, -0.2) is 44.2 Å². The standard InChI is InChI=1S/C14H24N2O/c1-12(17)13-8-5-6-9-14(13)16(4)11-7-10-15(2)3/h5-6,8-9,12,17H,7,10-11H2,1-4H3/t12-/m0/s1. The molecular formula is C14H24N2O. The fourth-order valence-corrected chi connectivity index (χ4v) is 1.93. The summed E-state index contributed by atoms with van der Waals surface area (Å²) in [6.45, 7) is 3.90. The Morgan fingerprint density at radius 2 is 1.76 bits per heavy atom. The summed E-state index contributed by atoms with van der Waals surface area (Å²) in [6.07, 6.45) is 0.708. The lowest BCUT2D eigenvalue weighted by Crippen LogP contribution is -2.24. The normalized spacial score (nSPS) is 12.8. The van der Waals surface area contributed by atoms with Gasteiger partial charge in [-0.1, -0.05) is 18.2 Å². The molecule has 0 bridgehead atoms. The zero-order valence-electron chi connectivity index (χ0n) is 11.3. The summed E-state index contributed by atoms with van der Waals surface area (Å²) in [4.78, 5) is 4.40. The molecule has 3 heteroatoms. The Morgan fingerprint density at radius 1 is 1.12 bits per heavy atom. The third-order valence-electron chi connectivity index (χ3n) is 2.90. The number of anilines is 1. The molecule has 0 aromatic heterocycles. The van der Waals surface area contributed by atoms with Crippen molar-refractivity contribution in [2.24, 2.45) is 0 Å². The molecule has 0 saturated carbocycles. The van der Waals surface area contributed by atoms with Crippen molar-refractivity contribution in [2.45, 2.75) is 19.4 Å². The predicted octanol–water partition coefficient (Wildman–Crippen LogP) is 2.13. The smallest absolute Gasteiger partial charge is 0.0781 e. The molecule has 96 valence electrons. The zero-order chi connectivity index (χ0) is 12.8. The van der Waals surface area contributed by atoms with Gasteiger partial charge in [0.05, 0.1) is 6.10 Å². The van der Waals surface area contributed by atoms with Crippen molar-refractivity contribution in [3.8, 4) is 0 Å². The van der Waals surface area contributed by atoms with Crippen LogP contribution in [0.2, 0.25) is 0 Å². The minimum atomic E-state index is -0.414. The second-order valence-corrected chi connectivity index (χ2v) is 4.81. The van der Waals surface area contributed by atoms with E-state index >= 15 is 0 Å². The van der Waals surface area contributed by atoms with Gasteiger partial charge in [-0.05, 0) is 40.1 Å². The number of aliphatic hydroxyl groups excluding tert-OH is 1. The maximum atomic E-state index is 9.73. The third kappa shape index (κ3) is 4.36. The molecule has 1 atom stereocenters. The molecule has 0 aliphatic heterocycles. The molecule has 0 spiro atoms. The molecule has 0 unspecified atom stereocenters. The van der Waals surface area contributed by atoms with Gasteiger partial charge in [0.25, 0.3) is 0 Å². The van der Waals surface area contributed by atoms with E-state index in [1.165, 1.54) is 0 Å². The molecule has 0 aliphatic carbocycles. The van der Waals surface area contributed by atoms with Crippen molar-refractivity contribution >= 4 is 5.69 Å². The van der Waals surface area contributed by atoms with Gasteiger partial charge >= 0.3 is 0 Å². The first-order chi connectivity index (χ1) is 8.02. The van der Waals surface area contributed by atoms with Crippen LogP contribution in [0.1, 0.15) is 25.0 Å². The largest absolute Gasteiger partial charge is 0.389 e. The van der Waals surface area contributed by atoms with Gasteiger partial charge in [0.1, 0.15) is 0 Å². The Labute approximate surface area is 105 Å². The fourth-order valence-electron chi connectivity index (χ4n) is 1.93. The summed E-state index contributed by atoms with van der Waals surface area (Å²) in [7, 11) is 6.25. The van der Waals surface area contributed by atoms with Crippen LogP contribution < -0.4 is 4.90 Å². The van der Waals surface area contributed by atoms with Gasteiger partial charge in [-0.2, -0.15) is 0 Å². The molecule has 0 saturated heterocycles. The van der Waals surface area contributed by atoms with Crippen molar-refractivity contribution in [1.29, 1.82) is 0 Å². The predicted molar refractivity (Wildman–Crippen MR) is 73.5 cm³/mol. The van der Waals surface area contributed by atoms with E-state index in [1.807, 2.05) is 25.1 Å². The highest BCUT2D eigenvalue weighted by atomic mass is 16.3. The highest BCUT2D eigenvalue weighted by Crippen LogP contribution is 2.25. The molecule has 1 aromatic carbocycles.